The molecular weight excluding hydrogens is 727 g/mol. The number of amides is 5. The number of likely N-dealkylation sites (tertiary alicyclic amines) is 1. The molecule has 0 aromatic heterocycles. The molecule has 1 saturated heterocycles. The molecule has 5 N–H and O–H groups in total. The van der Waals surface area contributed by atoms with Gasteiger partial charge in [0.2, 0.25) is 29.5 Å². The predicted octanol–water partition coefficient (Wildman–Crippen LogP) is 2.82. The van der Waals surface area contributed by atoms with E-state index in [-0.39, 0.29) is 65.8 Å². The molecule has 1 heterocycles. The van der Waals surface area contributed by atoms with Crippen LogP contribution < -0.4 is 21.7 Å². The molecule has 1 aromatic carbocycles. The summed E-state index contributed by atoms with van der Waals surface area (Å²) in [6, 6.07) is 6.43. The van der Waals surface area contributed by atoms with E-state index in [0.29, 0.717) is 25.9 Å². The van der Waals surface area contributed by atoms with Crippen LogP contribution in [-0.2, 0) is 39.9 Å². The zero-order chi connectivity index (χ0) is 43.1. The molecule has 1 aliphatic rings. The minimum absolute atomic E-state index is 0.00263. The first kappa shape index (κ1) is 49.6. The first-order valence-electron chi connectivity index (χ1n) is 20.8. The number of nitrogens with two attached hydrogens (primary N) is 1. The van der Waals surface area contributed by atoms with E-state index in [2.05, 4.69) is 16.0 Å². The Bertz CT molecular complexity index is 1430. The second kappa shape index (κ2) is 23.7. The lowest BCUT2D eigenvalue weighted by atomic mass is 9.89. The van der Waals surface area contributed by atoms with E-state index in [0.717, 1.165) is 18.4 Å². The maximum Gasteiger partial charge on any atom is 0.245 e. The summed E-state index contributed by atoms with van der Waals surface area (Å²) in [4.78, 5) is 74.3. The SMILES string of the molecule is CC[C@H](C)[C@@H]([C@@H](CC(=O)N1CCC[C@H]1[C@H](OC)[C@@H](C)C(=O)N[C@@H](Cc1ccccc1)C(=O)NC)OC)N(C)C(=O)[C@@H](NC(=O)[C@H](C(C)C)N(C)C[C@@H](C)N)C(C)C. The quantitative estimate of drug-likeness (QED) is 0.130. The molecule has 0 saturated carbocycles. The normalized spacial score (nSPS) is 19.2. The fourth-order valence-corrected chi connectivity index (χ4v) is 8.39. The number of nitrogens with one attached hydrogen (secondary N) is 3. The second-order valence-electron chi connectivity index (χ2n) is 16.8. The third kappa shape index (κ3) is 13.8. The van der Waals surface area contributed by atoms with Crippen molar-refractivity contribution >= 4 is 29.5 Å². The van der Waals surface area contributed by atoms with E-state index in [1.807, 2.05) is 90.7 Å². The van der Waals surface area contributed by atoms with Crippen LogP contribution in [0.1, 0.15) is 86.6 Å². The van der Waals surface area contributed by atoms with Crippen LogP contribution >= 0.6 is 0 Å². The molecule has 324 valence electrons. The van der Waals surface area contributed by atoms with Crippen molar-refractivity contribution in [2.45, 2.75) is 136 Å². The van der Waals surface area contributed by atoms with Crippen molar-refractivity contribution in [1.29, 1.82) is 0 Å². The van der Waals surface area contributed by atoms with E-state index >= 15 is 0 Å². The molecule has 0 radical (unpaired) electrons. The Hall–Kier alpha value is -3.59. The Morgan fingerprint density at radius 3 is 2.04 bits per heavy atom. The van der Waals surface area contributed by atoms with Gasteiger partial charge in [0.05, 0.1) is 42.7 Å². The van der Waals surface area contributed by atoms with Crippen LogP contribution in [0.4, 0.5) is 0 Å². The lowest BCUT2D eigenvalue weighted by Gasteiger charge is -2.41. The monoisotopic (exact) mass is 802 g/mol. The molecule has 2 rings (SSSR count). The van der Waals surface area contributed by atoms with E-state index in [1.165, 1.54) is 14.2 Å². The van der Waals surface area contributed by atoms with E-state index in [9.17, 15) is 24.0 Å². The number of methoxy groups -OCH3 is 2. The highest BCUT2D eigenvalue weighted by Crippen LogP contribution is 2.30. The molecule has 1 aromatic rings. The summed E-state index contributed by atoms with van der Waals surface area (Å²) in [7, 11) is 8.23. The van der Waals surface area contributed by atoms with Gasteiger partial charge in [0.25, 0.3) is 0 Å². The molecular formula is C43H75N7O7. The first-order chi connectivity index (χ1) is 26.8. The van der Waals surface area contributed by atoms with Crippen molar-refractivity contribution in [3.05, 3.63) is 35.9 Å². The van der Waals surface area contributed by atoms with E-state index in [1.54, 1.807) is 30.9 Å². The zero-order valence-electron chi connectivity index (χ0n) is 37.0. The van der Waals surface area contributed by atoms with Crippen molar-refractivity contribution in [3.63, 3.8) is 0 Å². The van der Waals surface area contributed by atoms with Crippen molar-refractivity contribution in [2.24, 2.45) is 29.4 Å². The summed E-state index contributed by atoms with van der Waals surface area (Å²) < 4.78 is 12.0. The van der Waals surface area contributed by atoms with Gasteiger partial charge in [0.15, 0.2) is 0 Å². The topological polar surface area (TPSA) is 176 Å². The molecule has 14 heteroatoms. The molecule has 57 heavy (non-hydrogen) atoms. The van der Waals surface area contributed by atoms with Gasteiger partial charge in [-0.3, -0.25) is 28.9 Å². The fraction of sp³-hybridized carbons (Fsp3) is 0.744. The third-order valence-corrected chi connectivity index (χ3v) is 11.6. The van der Waals surface area contributed by atoms with Gasteiger partial charge in [0.1, 0.15) is 12.1 Å². The maximum absolute atomic E-state index is 14.4. The summed E-state index contributed by atoms with van der Waals surface area (Å²) in [6.07, 6.45) is 1.14. The number of ether oxygens (including phenoxy) is 2. The molecule has 1 aliphatic heterocycles. The number of carbonyl (C=O) groups is 5. The number of rotatable bonds is 23. The van der Waals surface area contributed by atoms with E-state index < -0.39 is 42.3 Å². The first-order valence-corrected chi connectivity index (χ1v) is 20.8. The number of benzene rings is 1. The van der Waals surface area contributed by atoms with Gasteiger partial charge in [-0.2, -0.15) is 0 Å². The largest absolute Gasteiger partial charge is 0.379 e. The molecule has 0 bridgehead atoms. The second-order valence-corrected chi connectivity index (χ2v) is 16.8. The average molecular weight is 802 g/mol. The Morgan fingerprint density at radius 1 is 0.895 bits per heavy atom. The van der Waals surface area contributed by atoms with Gasteiger partial charge >= 0.3 is 0 Å². The molecule has 0 spiro atoms. The molecule has 0 aliphatic carbocycles. The fourth-order valence-electron chi connectivity index (χ4n) is 8.39. The average Bonchev–Trinajstić information content (AvgIpc) is 3.65. The summed E-state index contributed by atoms with van der Waals surface area (Å²) in [5.41, 5.74) is 6.97. The number of nitrogens with zero attached hydrogens (tertiary/aromatic N) is 3. The summed E-state index contributed by atoms with van der Waals surface area (Å²) in [6.45, 7) is 16.5. The Balaban J connectivity index is 2.30. The number of carbonyl (C=O) groups excluding carboxylic acids is 5. The molecule has 1 fully saturated rings. The van der Waals surface area contributed by atoms with Crippen molar-refractivity contribution < 1.29 is 33.4 Å². The molecule has 0 unspecified atom stereocenters. The molecule has 10 atom stereocenters. The van der Waals surface area contributed by atoms with Gasteiger partial charge in [-0.15, -0.1) is 0 Å². The summed E-state index contributed by atoms with van der Waals surface area (Å²) in [5.74, 6) is -2.25. The van der Waals surface area contributed by atoms with Crippen LogP contribution in [0.2, 0.25) is 0 Å². The van der Waals surface area contributed by atoms with Gasteiger partial charge < -0.3 is 41.0 Å². The van der Waals surface area contributed by atoms with Gasteiger partial charge in [-0.1, -0.05) is 85.2 Å². The van der Waals surface area contributed by atoms with Gasteiger partial charge in [-0.05, 0) is 50.1 Å². The number of hydrogen-bond donors (Lipinski definition) is 4. The van der Waals surface area contributed by atoms with Crippen molar-refractivity contribution in [1.82, 2.24) is 30.7 Å². The van der Waals surface area contributed by atoms with Crippen molar-refractivity contribution in [3.8, 4) is 0 Å². The minimum Gasteiger partial charge on any atom is -0.379 e. The van der Waals surface area contributed by atoms with Crippen LogP contribution in [0.25, 0.3) is 0 Å². The van der Waals surface area contributed by atoms with Crippen LogP contribution in [0.15, 0.2) is 30.3 Å². The van der Waals surface area contributed by atoms with Crippen molar-refractivity contribution in [2.75, 3.05) is 48.5 Å². The highest BCUT2D eigenvalue weighted by atomic mass is 16.5. The van der Waals surface area contributed by atoms with Crippen LogP contribution in [-0.4, -0.2) is 141 Å². The molecule has 14 nitrogen and oxygen atoms in total. The van der Waals surface area contributed by atoms with Gasteiger partial charge in [-0.25, -0.2) is 0 Å². The van der Waals surface area contributed by atoms with Crippen LogP contribution in [0, 0.1) is 23.7 Å². The minimum atomic E-state index is -0.805. The Labute approximate surface area is 342 Å². The lowest BCUT2D eigenvalue weighted by Crippen LogP contribution is -2.60. The zero-order valence-corrected chi connectivity index (χ0v) is 37.0. The van der Waals surface area contributed by atoms with Crippen LogP contribution in [0.5, 0.6) is 0 Å². The Morgan fingerprint density at radius 2 is 1.53 bits per heavy atom. The van der Waals surface area contributed by atoms with Crippen LogP contribution in [0.3, 0.4) is 0 Å². The number of hydrogen-bond acceptors (Lipinski definition) is 9. The highest BCUT2D eigenvalue weighted by Gasteiger charge is 2.43. The Kier molecular flexibility index (Phi) is 20.6. The summed E-state index contributed by atoms with van der Waals surface area (Å²) >= 11 is 0. The summed E-state index contributed by atoms with van der Waals surface area (Å²) in [5, 5.41) is 8.64. The third-order valence-electron chi connectivity index (χ3n) is 11.6. The lowest BCUT2D eigenvalue weighted by molar-refractivity contribution is -0.148. The van der Waals surface area contributed by atoms with E-state index in [4.69, 9.17) is 15.2 Å². The highest BCUT2D eigenvalue weighted by molar-refractivity contribution is 5.90. The maximum atomic E-state index is 14.4. The smallest absolute Gasteiger partial charge is 0.245 e. The molecule has 5 amide bonds. The standard InChI is InChI=1S/C43H75N7O7/c1-14-28(6)38(49(11)43(55)36(26(2)3)47-42(54)37(27(4)5)48(10)25-29(7)44)34(56-12)24-35(51)50-22-18-21-33(50)39(57-13)30(8)40(52)46-32(41(53)45-9)23-31-19-16-15-17-20-31/h15-17,19-20,26-30,32-34,36-39H,14,18,21-25,44H2,1-13H3,(H,45,53)(H,46,52)(H,47,54)/t28-,29+,30+,32-,33-,34+,36-,37-,38-,39+/m0/s1. The predicted molar refractivity (Wildman–Crippen MR) is 224 cm³/mol. The van der Waals surface area contributed by atoms with Gasteiger partial charge in [0, 0.05) is 53.9 Å². The number of likely N-dealkylation sites (N-methyl/N-ethyl adjacent to an activating group) is 3.